The molecule has 0 saturated heterocycles. The number of tetrazole rings is 1. The van der Waals surface area contributed by atoms with E-state index in [1.165, 1.54) is 40.7 Å². The van der Waals surface area contributed by atoms with Crippen LogP contribution in [0.1, 0.15) is 28.9 Å². The van der Waals surface area contributed by atoms with Gasteiger partial charge in [-0.2, -0.15) is 4.68 Å². The Hall–Kier alpha value is -3.53. The van der Waals surface area contributed by atoms with E-state index in [1.807, 2.05) is 44.3 Å². The molecule has 2 aromatic carbocycles. The van der Waals surface area contributed by atoms with Gasteiger partial charge >= 0.3 is 0 Å². The molecule has 0 spiro atoms. The number of hydrogen-bond donors (Lipinski definition) is 0. The van der Waals surface area contributed by atoms with E-state index in [0.29, 0.717) is 35.0 Å². The van der Waals surface area contributed by atoms with Crippen molar-refractivity contribution in [3.63, 3.8) is 0 Å². The summed E-state index contributed by atoms with van der Waals surface area (Å²) in [6, 6.07) is 14.9. The van der Waals surface area contributed by atoms with Crippen LogP contribution in [0.4, 0.5) is 4.39 Å². The number of para-hydroxylation sites is 1. The standard InChI is InChI=1S/C22H21FN6O2S/c1-15-20(21(31)29(27(15)2)18-7-4-3-5-8-18)28-22(24-25-26-28)32-14-6-9-19(30)16-10-12-17(23)13-11-16/h3-5,7-8,10-13H,6,9,14H2,1-2H3. The second-order valence-electron chi connectivity index (χ2n) is 7.17. The highest BCUT2D eigenvalue weighted by atomic mass is 32.2. The number of rotatable bonds is 8. The molecule has 0 fully saturated rings. The van der Waals surface area contributed by atoms with Gasteiger partial charge in [-0.1, -0.05) is 30.0 Å². The van der Waals surface area contributed by atoms with Gasteiger partial charge < -0.3 is 0 Å². The van der Waals surface area contributed by atoms with Crippen LogP contribution >= 0.6 is 11.8 Å². The van der Waals surface area contributed by atoms with Crippen molar-refractivity contribution in [3.8, 4) is 11.4 Å². The molecule has 164 valence electrons. The molecule has 8 nitrogen and oxygen atoms in total. The van der Waals surface area contributed by atoms with Crippen molar-refractivity contribution < 1.29 is 9.18 Å². The number of ketones is 1. The Labute approximate surface area is 187 Å². The van der Waals surface area contributed by atoms with Crippen molar-refractivity contribution >= 4 is 17.5 Å². The van der Waals surface area contributed by atoms with E-state index in [2.05, 4.69) is 15.5 Å². The summed E-state index contributed by atoms with van der Waals surface area (Å²) in [5.41, 5.74) is 2.11. The predicted octanol–water partition coefficient (Wildman–Crippen LogP) is 3.35. The van der Waals surface area contributed by atoms with Gasteiger partial charge in [0.25, 0.3) is 5.56 Å². The molecule has 2 aromatic heterocycles. The van der Waals surface area contributed by atoms with Gasteiger partial charge in [0.2, 0.25) is 5.16 Å². The minimum Gasteiger partial charge on any atom is -0.294 e. The van der Waals surface area contributed by atoms with Crippen molar-refractivity contribution in [3.05, 3.63) is 82.0 Å². The van der Waals surface area contributed by atoms with E-state index in [0.717, 1.165) is 11.4 Å². The van der Waals surface area contributed by atoms with Gasteiger partial charge in [0.05, 0.1) is 11.4 Å². The highest BCUT2D eigenvalue weighted by molar-refractivity contribution is 7.99. The molecule has 0 atom stereocenters. The zero-order valence-electron chi connectivity index (χ0n) is 17.6. The average Bonchev–Trinajstić information content (AvgIpc) is 3.34. The van der Waals surface area contributed by atoms with E-state index in [4.69, 9.17) is 0 Å². The fourth-order valence-corrected chi connectivity index (χ4v) is 4.20. The molecule has 0 bridgehead atoms. The Kier molecular flexibility index (Phi) is 6.31. The van der Waals surface area contributed by atoms with Crippen molar-refractivity contribution in [2.24, 2.45) is 7.05 Å². The first-order valence-corrected chi connectivity index (χ1v) is 11.0. The maximum atomic E-state index is 13.2. The van der Waals surface area contributed by atoms with E-state index in [9.17, 15) is 14.0 Å². The first-order valence-electron chi connectivity index (χ1n) is 10.0. The molecule has 0 aliphatic carbocycles. The fraction of sp³-hybridized carbons (Fsp3) is 0.227. The molecular weight excluding hydrogens is 431 g/mol. The van der Waals surface area contributed by atoms with Gasteiger partial charge in [0.1, 0.15) is 5.82 Å². The number of thioether (sulfide) groups is 1. The van der Waals surface area contributed by atoms with Crippen molar-refractivity contribution in [2.45, 2.75) is 24.9 Å². The van der Waals surface area contributed by atoms with Gasteiger partial charge in [0.15, 0.2) is 11.5 Å². The maximum absolute atomic E-state index is 13.2. The molecule has 2 heterocycles. The lowest BCUT2D eigenvalue weighted by Gasteiger charge is -2.07. The second kappa shape index (κ2) is 9.31. The van der Waals surface area contributed by atoms with Crippen LogP contribution in [0.2, 0.25) is 0 Å². The summed E-state index contributed by atoms with van der Waals surface area (Å²) in [5.74, 6) is 0.174. The summed E-state index contributed by atoms with van der Waals surface area (Å²) in [7, 11) is 1.81. The van der Waals surface area contributed by atoms with E-state index < -0.39 is 0 Å². The topological polar surface area (TPSA) is 87.6 Å². The second-order valence-corrected chi connectivity index (χ2v) is 8.23. The number of carbonyl (C=O) groups is 1. The highest BCUT2D eigenvalue weighted by Gasteiger charge is 2.21. The molecule has 0 saturated carbocycles. The normalized spacial score (nSPS) is 11.1. The first kappa shape index (κ1) is 21.7. The van der Waals surface area contributed by atoms with Crippen LogP contribution in [0.15, 0.2) is 64.5 Å². The number of Topliss-reactive ketones (excluding diaryl/α,β-unsaturated/α-hetero) is 1. The molecule has 0 amide bonds. The molecule has 4 rings (SSSR count). The number of hydrogen-bond acceptors (Lipinski definition) is 6. The molecule has 4 aromatic rings. The fourth-order valence-electron chi connectivity index (χ4n) is 3.38. The Morgan fingerprint density at radius 3 is 2.53 bits per heavy atom. The lowest BCUT2D eigenvalue weighted by atomic mass is 10.1. The lowest BCUT2D eigenvalue weighted by Crippen LogP contribution is -2.22. The summed E-state index contributed by atoms with van der Waals surface area (Å²) < 4.78 is 17.8. The minimum absolute atomic E-state index is 0.0464. The quantitative estimate of drug-likeness (QED) is 0.231. The number of nitrogens with zero attached hydrogens (tertiary/aromatic N) is 6. The third-order valence-electron chi connectivity index (χ3n) is 5.12. The molecule has 0 radical (unpaired) electrons. The third kappa shape index (κ3) is 4.26. The van der Waals surface area contributed by atoms with Crippen LogP contribution in [0.5, 0.6) is 0 Å². The average molecular weight is 453 g/mol. The third-order valence-corrected chi connectivity index (χ3v) is 6.13. The van der Waals surface area contributed by atoms with Crippen LogP contribution < -0.4 is 5.56 Å². The molecule has 0 unspecified atom stereocenters. The Morgan fingerprint density at radius 2 is 1.81 bits per heavy atom. The number of carbonyl (C=O) groups excluding carboxylic acids is 1. The van der Waals surface area contributed by atoms with Gasteiger partial charge in [-0.15, -0.1) is 5.10 Å². The van der Waals surface area contributed by atoms with Gasteiger partial charge in [-0.25, -0.2) is 9.07 Å². The van der Waals surface area contributed by atoms with E-state index in [-0.39, 0.29) is 17.2 Å². The van der Waals surface area contributed by atoms with Crippen molar-refractivity contribution in [2.75, 3.05) is 5.75 Å². The van der Waals surface area contributed by atoms with Gasteiger partial charge in [-0.05, 0) is 60.2 Å². The summed E-state index contributed by atoms with van der Waals surface area (Å²) in [4.78, 5) is 25.5. The number of halogens is 1. The predicted molar refractivity (Wildman–Crippen MR) is 119 cm³/mol. The Bertz CT molecular complexity index is 1290. The Balaban J connectivity index is 1.48. The van der Waals surface area contributed by atoms with Crippen LogP contribution in [-0.4, -0.2) is 41.1 Å². The zero-order chi connectivity index (χ0) is 22.7. The Morgan fingerprint density at radius 1 is 1.09 bits per heavy atom. The summed E-state index contributed by atoms with van der Waals surface area (Å²) in [6.45, 7) is 1.84. The maximum Gasteiger partial charge on any atom is 0.297 e. The zero-order valence-corrected chi connectivity index (χ0v) is 18.4. The first-order chi connectivity index (χ1) is 15.5. The molecular formula is C22H21FN6O2S. The summed E-state index contributed by atoms with van der Waals surface area (Å²) in [5, 5.41) is 12.3. The minimum atomic E-state index is -0.369. The molecule has 0 aliphatic heterocycles. The molecule has 0 aliphatic rings. The molecule has 0 N–H and O–H groups in total. The van der Waals surface area contributed by atoms with E-state index >= 15 is 0 Å². The smallest absolute Gasteiger partial charge is 0.294 e. The number of benzene rings is 2. The summed E-state index contributed by atoms with van der Waals surface area (Å²) in [6.07, 6.45) is 0.918. The van der Waals surface area contributed by atoms with Crippen molar-refractivity contribution in [1.82, 2.24) is 29.6 Å². The monoisotopic (exact) mass is 452 g/mol. The largest absolute Gasteiger partial charge is 0.297 e. The van der Waals surface area contributed by atoms with Crippen LogP contribution in [-0.2, 0) is 7.05 Å². The van der Waals surface area contributed by atoms with Crippen LogP contribution in [0.25, 0.3) is 11.4 Å². The molecule has 10 heteroatoms. The van der Waals surface area contributed by atoms with Crippen LogP contribution in [0, 0.1) is 12.7 Å². The van der Waals surface area contributed by atoms with Gasteiger partial charge in [0, 0.05) is 24.8 Å². The lowest BCUT2D eigenvalue weighted by molar-refractivity contribution is 0.0982. The summed E-state index contributed by atoms with van der Waals surface area (Å²) >= 11 is 1.37. The highest BCUT2D eigenvalue weighted by Crippen LogP contribution is 2.21. The van der Waals surface area contributed by atoms with Crippen LogP contribution in [0.3, 0.4) is 0 Å². The molecule has 32 heavy (non-hydrogen) atoms. The number of aromatic nitrogens is 6. The van der Waals surface area contributed by atoms with E-state index in [1.54, 1.807) is 9.36 Å². The van der Waals surface area contributed by atoms with Gasteiger partial charge in [-0.3, -0.25) is 14.3 Å². The SMILES string of the molecule is Cc1c(-n2nnnc2SCCCC(=O)c2ccc(F)cc2)c(=O)n(-c2ccccc2)n1C. The van der Waals surface area contributed by atoms with Crippen molar-refractivity contribution in [1.29, 1.82) is 0 Å².